The van der Waals surface area contributed by atoms with Crippen molar-refractivity contribution >= 4 is 15.8 Å². The summed E-state index contributed by atoms with van der Waals surface area (Å²) in [5, 5.41) is 12.8. The van der Waals surface area contributed by atoms with Crippen LogP contribution in [-0.4, -0.2) is 48.0 Å². The number of sulfonamides is 1. The quantitative estimate of drug-likeness (QED) is 0.878. The highest BCUT2D eigenvalue weighted by Crippen LogP contribution is 2.23. The maximum atomic E-state index is 12.4. The van der Waals surface area contributed by atoms with E-state index >= 15 is 0 Å². The van der Waals surface area contributed by atoms with E-state index < -0.39 is 10.0 Å². The van der Waals surface area contributed by atoms with Gasteiger partial charge in [0, 0.05) is 25.3 Å². The van der Waals surface area contributed by atoms with Gasteiger partial charge in [0.25, 0.3) is 0 Å². The molecule has 22 heavy (non-hydrogen) atoms. The van der Waals surface area contributed by atoms with Crippen molar-refractivity contribution in [1.29, 1.82) is 0 Å². The average Bonchev–Trinajstić information content (AvgIpc) is 3.05. The van der Waals surface area contributed by atoms with Gasteiger partial charge < -0.3 is 10.4 Å². The Balaban J connectivity index is 1.65. The van der Waals surface area contributed by atoms with Gasteiger partial charge in [-0.15, -0.1) is 0 Å². The number of aliphatic hydroxyl groups excluding tert-OH is 1. The topological polar surface area (TPSA) is 82.5 Å². The lowest BCUT2D eigenvalue weighted by molar-refractivity contribution is 0.126. The van der Waals surface area contributed by atoms with Crippen LogP contribution in [0, 0.1) is 0 Å². The molecule has 2 N–H and O–H groups in total. The Labute approximate surface area is 131 Å². The molecule has 122 valence electrons. The molecule has 0 radical (unpaired) electrons. The fourth-order valence-electron chi connectivity index (χ4n) is 3.13. The second kappa shape index (κ2) is 6.52. The van der Waals surface area contributed by atoms with E-state index in [0.717, 1.165) is 38.5 Å². The third kappa shape index (κ3) is 3.42. The van der Waals surface area contributed by atoms with Crippen LogP contribution in [0.4, 0.5) is 5.82 Å². The summed E-state index contributed by atoms with van der Waals surface area (Å²) in [6.45, 7) is 1.21. The maximum absolute atomic E-state index is 12.4. The van der Waals surface area contributed by atoms with E-state index in [4.69, 9.17) is 0 Å². The molecular formula is C15H23N3O3S. The third-order valence-corrected chi connectivity index (χ3v) is 6.37. The van der Waals surface area contributed by atoms with Gasteiger partial charge in [-0.2, -0.15) is 4.31 Å². The van der Waals surface area contributed by atoms with E-state index in [1.807, 2.05) is 0 Å². The fourth-order valence-corrected chi connectivity index (χ4v) is 4.59. The summed E-state index contributed by atoms with van der Waals surface area (Å²) in [5.74, 6) is 0.696. The molecule has 7 heteroatoms. The molecule has 6 nitrogen and oxygen atoms in total. The first-order valence-electron chi connectivity index (χ1n) is 7.96. The minimum atomic E-state index is -3.39. The summed E-state index contributed by atoms with van der Waals surface area (Å²) in [6, 6.07) is 3.66. The van der Waals surface area contributed by atoms with Crippen LogP contribution in [0.25, 0.3) is 0 Å². The molecule has 2 fully saturated rings. The van der Waals surface area contributed by atoms with Crippen molar-refractivity contribution in [2.45, 2.75) is 55.6 Å². The molecular weight excluding hydrogens is 302 g/mol. The predicted molar refractivity (Wildman–Crippen MR) is 84.1 cm³/mol. The minimum absolute atomic E-state index is 0.181. The second-order valence-electron chi connectivity index (χ2n) is 6.14. The Kier molecular flexibility index (Phi) is 4.65. The van der Waals surface area contributed by atoms with Crippen LogP contribution < -0.4 is 5.32 Å². The molecule has 2 heterocycles. The molecule has 1 aliphatic heterocycles. The zero-order valence-electron chi connectivity index (χ0n) is 12.6. The number of aromatic nitrogens is 1. The highest BCUT2D eigenvalue weighted by atomic mass is 32.2. The zero-order chi connectivity index (χ0) is 15.6. The van der Waals surface area contributed by atoms with Gasteiger partial charge in [0.1, 0.15) is 10.7 Å². The van der Waals surface area contributed by atoms with Crippen LogP contribution in [0.5, 0.6) is 0 Å². The van der Waals surface area contributed by atoms with Gasteiger partial charge in [-0.1, -0.05) is 0 Å². The van der Waals surface area contributed by atoms with Crippen molar-refractivity contribution in [3.05, 3.63) is 18.3 Å². The molecule has 1 aliphatic carbocycles. The summed E-state index contributed by atoms with van der Waals surface area (Å²) in [4.78, 5) is 4.51. The van der Waals surface area contributed by atoms with Crippen molar-refractivity contribution in [2.24, 2.45) is 0 Å². The van der Waals surface area contributed by atoms with Gasteiger partial charge in [-0.05, 0) is 50.7 Å². The molecule has 0 bridgehead atoms. The molecule has 1 aromatic rings. The first kappa shape index (κ1) is 15.7. The molecule has 0 amide bonds. The van der Waals surface area contributed by atoms with E-state index in [1.54, 1.807) is 12.1 Å². The maximum Gasteiger partial charge on any atom is 0.244 e. The summed E-state index contributed by atoms with van der Waals surface area (Å²) < 4.78 is 26.3. The zero-order valence-corrected chi connectivity index (χ0v) is 13.4. The van der Waals surface area contributed by atoms with Crippen LogP contribution in [0.3, 0.4) is 0 Å². The summed E-state index contributed by atoms with van der Waals surface area (Å²) in [5.41, 5.74) is 0. The molecule has 1 saturated heterocycles. The predicted octanol–water partition coefficient (Wildman–Crippen LogP) is 1.58. The molecule has 1 saturated carbocycles. The first-order valence-corrected chi connectivity index (χ1v) is 9.40. The molecule has 0 atom stereocenters. The number of hydrogen-bond donors (Lipinski definition) is 2. The average molecular weight is 325 g/mol. The number of pyridine rings is 1. The summed E-state index contributed by atoms with van der Waals surface area (Å²) in [6.07, 6.45) is 6.55. The number of aliphatic hydroxyl groups is 1. The van der Waals surface area contributed by atoms with Gasteiger partial charge in [-0.3, -0.25) is 0 Å². The van der Waals surface area contributed by atoms with Gasteiger partial charge in [0.05, 0.1) is 6.10 Å². The lowest BCUT2D eigenvalue weighted by Crippen LogP contribution is -2.29. The smallest absolute Gasteiger partial charge is 0.244 e. The molecule has 1 aromatic heterocycles. The van der Waals surface area contributed by atoms with Crippen molar-refractivity contribution in [2.75, 3.05) is 18.4 Å². The van der Waals surface area contributed by atoms with Gasteiger partial charge in [0.2, 0.25) is 10.0 Å². The number of hydrogen-bond acceptors (Lipinski definition) is 5. The summed E-state index contributed by atoms with van der Waals surface area (Å²) >= 11 is 0. The van der Waals surface area contributed by atoms with Crippen molar-refractivity contribution < 1.29 is 13.5 Å². The molecule has 0 aromatic carbocycles. The van der Waals surface area contributed by atoms with E-state index in [0.29, 0.717) is 24.9 Å². The fraction of sp³-hybridized carbons (Fsp3) is 0.667. The Hall–Kier alpha value is -1.18. The Morgan fingerprint density at radius 1 is 1.14 bits per heavy atom. The highest BCUT2D eigenvalue weighted by Gasteiger charge is 2.27. The second-order valence-corrected chi connectivity index (χ2v) is 8.08. The Morgan fingerprint density at radius 2 is 1.82 bits per heavy atom. The summed E-state index contributed by atoms with van der Waals surface area (Å²) in [7, 11) is -3.39. The molecule has 0 unspecified atom stereocenters. The van der Waals surface area contributed by atoms with Crippen LogP contribution in [0.1, 0.15) is 38.5 Å². The van der Waals surface area contributed by atoms with Gasteiger partial charge in [-0.25, -0.2) is 13.4 Å². The van der Waals surface area contributed by atoms with Crippen LogP contribution in [0.2, 0.25) is 0 Å². The highest BCUT2D eigenvalue weighted by molar-refractivity contribution is 7.89. The molecule has 0 spiro atoms. The van der Waals surface area contributed by atoms with E-state index in [2.05, 4.69) is 10.3 Å². The van der Waals surface area contributed by atoms with E-state index in [-0.39, 0.29) is 11.0 Å². The number of nitrogens with zero attached hydrogens (tertiary/aromatic N) is 2. The SMILES string of the molecule is O=S(=O)(c1ccc(NC2CCC(O)CC2)nc1)N1CCCC1. The number of nitrogens with one attached hydrogen (secondary N) is 1. The largest absolute Gasteiger partial charge is 0.393 e. The number of rotatable bonds is 4. The molecule has 3 rings (SSSR count). The molecule has 2 aliphatic rings. The standard InChI is InChI=1S/C15H23N3O3S/c19-13-5-3-12(4-6-13)17-15-8-7-14(11-16-15)22(20,21)18-9-1-2-10-18/h7-8,11-13,19H,1-6,9-10H2,(H,16,17). The van der Waals surface area contributed by atoms with E-state index in [1.165, 1.54) is 10.5 Å². The van der Waals surface area contributed by atoms with Crippen molar-refractivity contribution in [3.63, 3.8) is 0 Å². The normalized spacial score (nSPS) is 27.0. The van der Waals surface area contributed by atoms with Crippen molar-refractivity contribution in [1.82, 2.24) is 9.29 Å². The van der Waals surface area contributed by atoms with E-state index in [9.17, 15) is 13.5 Å². The lowest BCUT2D eigenvalue weighted by Gasteiger charge is -2.26. The Bertz CT molecular complexity index is 589. The first-order chi connectivity index (χ1) is 10.6. The van der Waals surface area contributed by atoms with Crippen molar-refractivity contribution in [3.8, 4) is 0 Å². The monoisotopic (exact) mass is 325 g/mol. The van der Waals surface area contributed by atoms with Crippen LogP contribution >= 0.6 is 0 Å². The van der Waals surface area contributed by atoms with Crippen LogP contribution in [0.15, 0.2) is 23.2 Å². The van der Waals surface area contributed by atoms with Gasteiger partial charge in [0.15, 0.2) is 0 Å². The van der Waals surface area contributed by atoms with Gasteiger partial charge >= 0.3 is 0 Å². The number of anilines is 1. The Morgan fingerprint density at radius 3 is 2.41 bits per heavy atom. The minimum Gasteiger partial charge on any atom is -0.393 e. The van der Waals surface area contributed by atoms with Crippen LogP contribution in [-0.2, 0) is 10.0 Å². The lowest BCUT2D eigenvalue weighted by atomic mass is 9.93. The third-order valence-electron chi connectivity index (χ3n) is 4.49.